The molecule has 0 bridgehead atoms. The number of rotatable bonds is 8. The molecular formula is C12H19ClO5SSi. The molecule has 0 unspecified atom stereocenters. The van der Waals surface area contributed by atoms with E-state index in [1.54, 1.807) is 33.5 Å². The Hall–Kier alpha value is -0.443. The van der Waals surface area contributed by atoms with Gasteiger partial charge in [0, 0.05) is 38.1 Å². The SMILES string of the molecule is CO[Si](CCCc1ccc(S(=O)(=O)Cl)cc1)(OC)OC. The molecule has 0 saturated heterocycles. The minimum Gasteiger partial charge on any atom is -0.377 e. The van der Waals surface area contributed by atoms with Crippen LogP contribution < -0.4 is 0 Å². The summed E-state index contributed by atoms with van der Waals surface area (Å²) in [5.41, 5.74) is 1.03. The Labute approximate surface area is 125 Å². The van der Waals surface area contributed by atoms with Crippen LogP contribution in [0.5, 0.6) is 0 Å². The van der Waals surface area contributed by atoms with Crippen LogP contribution in [0, 0.1) is 0 Å². The lowest BCUT2D eigenvalue weighted by Crippen LogP contribution is -2.42. The van der Waals surface area contributed by atoms with Gasteiger partial charge in [0.1, 0.15) is 0 Å². The molecule has 0 aliphatic carbocycles. The third-order valence-corrected chi connectivity index (χ3v) is 7.29. The van der Waals surface area contributed by atoms with E-state index in [9.17, 15) is 8.42 Å². The van der Waals surface area contributed by atoms with Gasteiger partial charge in [0.05, 0.1) is 4.90 Å². The van der Waals surface area contributed by atoms with Crippen molar-refractivity contribution in [2.75, 3.05) is 21.3 Å². The van der Waals surface area contributed by atoms with Crippen molar-refractivity contribution in [2.24, 2.45) is 0 Å². The van der Waals surface area contributed by atoms with Crippen LogP contribution in [0.4, 0.5) is 0 Å². The van der Waals surface area contributed by atoms with E-state index in [1.165, 1.54) is 12.1 Å². The smallest absolute Gasteiger partial charge is 0.377 e. The molecule has 20 heavy (non-hydrogen) atoms. The standard InChI is InChI=1S/C12H19ClO5SSi/c1-16-20(17-2,18-3)10-4-5-11-6-8-12(9-7-11)19(13,14)15/h6-9H,4-5,10H2,1-3H3. The molecule has 1 rings (SSSR count). The van der Waals surface area contributed by atoms with E-state index < -0.39 is 17.9 Å². The van der Waals surface area contributed by atoms with Crippen molar-refractivity contribution in [1.82, 2.24) is 0 Å². The Morgan fingerprint density at radius 2 is 1.55 bits per heavy atom. The first-order valence-corrected chi connectivity index (χ1v) is 10.3. The summed E-state index contributed by atoms with van der Waals surface area (Å²) in [5.74, 6) is 0. The van der Waals surface area contributed by atoms with Gasteiger partial charge in [-0.3, -0.25) is 0 Å². The Balaban J connectivity index is 2.59. The summed E-state index contributed by atoms with van der Waals surface area (Å²) < 4.78 is 38.3. The van der Waals surface area contributed by atoms with E-state index in [2.05, 4.69) is 0 Å². The van der Waals surface area contributed by atoms with Crippen molar-refractivity contribution in [3.63, 3.8) is 0 Å². The maximum atomic E-state index is 11.1. The molecule has 0 aromatic heterocycles. The molecule has 0 heterocycles. The van der Waals surface area contributed by atoms with Gasteiger partial charge in [0.15, 0.2) is 0 Å². The van der Waals surface area contributed by atoms with Gasteiger partial charge in [0.2, 0.25) is 0 Å². The fourth-order valence-corrected chi connectivity index (χ4v) is 4.38. The lowest BCUT2D eigenvalue weighted by Gasteiger charge is -2.24. The molecule has 0 aliphatic heterocycles. The summed E-state index contributed by atoms with van der Waals surface area (Å²) in [4.78, 5) is 0.109. The molecule has 0 radical (unpaired) electrons. The lowest BCUT2D eigenvalue weighted by atomic mass is 10.1. The number of benzene rings is 1. The number of aryl methyl sites for hydroxylation is 1. The summed E-state index contributed by atoms with van der Waals surface area (Å²) in [5, 5.41) is 0. The monoisotopic (exact) mass is 338 g/mol. The predicted octanol–water partition coefficient (Wildman–Crippen LogP) is 2.42. The van der Waals surface area contributed by atoms with E-state index in [0.29, 0.717) is 6.04 Å². The average Bonchev–Trinajstić information content (AvgIpc) is 2.44. The van der Waals surface area contributed by atoms with Gasteiger partial charge < -0.3 is 13.3 Å². The van der Waals surface area contributed by atoms with Crippen LogP contribution in [0.1, 0.15) is 12.0 Å². The van der Waals surface area contributed by atoms with Crippen molar-refractivity contribution >= 4 is 28.5 Å². The predicted molar refractivity (Wildman–Crippen MR) is 79.4 cm³/mol. The van der Waals surface area contributed by atoms with E-state index in [1.807, 2.05) is 0 Å². The van der Waals surface area contributed by atoms with Crippen molar-refractivity contribution < 1.29 is 21.7 Å². The highest BCUT2D eigenvalue weighted by atomic mass is 35.7. The zero-order chi connectivity index (χ0) is 15.2. The van der Waals surface area contributed by atoms with E-state index in [4.69, 9.17) is 24.0 Å². The van der Waals surface area contributed by atoms with E-state index >= 15 is 0 Å². The first-order valence-electron chi connectivity index (χ1n) is 6.06. The average molecular weight is 339 g/mol. The van der Waals surface area contributed by atoms with Gasteiger partial charge in [-0.2, -0.15) is 0 Å². The third kappa shape index (κ3) is 4.83. The quantitative estimate of drug-likeness (QED) is 0.538. The largest absolute Gasteiger partial charge is 0.500 e. The molecule has 5 nitrogen and oxygen atoms in total. The Morgan fingerprint density at radius 1 is 1.05 bits per heavy atom. The summed E-state index contributed by atoms with van der Waals surface area (Å²) in [6.45, 7) is 0. The highest BCUT2D eigenvalue weighted by Crippen LogP contribution is 2.19. The van der Waals surface area contributed by atoms with Crippen LogP contribution in [0.3, 0.4) is 0 Å². The number of halogens is 1. The molecule has 0 aliphatic rings. The molecule has 1 aromatic rings. The summed E-state index contributed by atoms with van der Waals surface area (Å²) in [7, 11) is 3.82. The zero-order valence-corrected chi connectivity index (χ0v) is 14.3. The fourth-order valence-electron chi connectivity index (χ4n) is 1.88. The summed E-state index contributed by atoms with van der Waals surface area (Å²) >= 11 is 0. The highest BCUT2D eigenvalue weighted by molar-refractivity contribution is 8.13. The van der Waals surface area contributed by atoms with Gasteiger partial charge in [-0.15, -0.1) is 0 Å². The first-order chi connectivity index (χ1) is 9.37. The molecule has 0 saturated carbocycles. The lowest BCUT2D eigenvalue weighted by molar-refractivity contribution is 0.123. The molecule has 0 amide bonds. The summed E-state index contributed by atoms with van der Waals surface area (Å²) in [6.07, 6.45) is 1.61. The van der Waals surface area contributed by atoms with E-state index in [-0.39, 0.29) is 4.90 Å². The molecule has 0 N–H and O–H groups in total. The molecule has 0 fully saturated rings. The molecule has 0 spiro atoms. The zero-order valence-electron chi connectivity index (χ0n) is 11.8. The van der Waals surface area contributed by atoms with Crippen LogP contribution in [-0.4, -0.2) is 38.6 Å². The first kappa shape index (κ1) is 17.6. The molecule has 1 aromatic carbocycles. The van der Waals surface area contributed by atoms with Gasteiger partial charge in [0.25, 0.3) is 9.05 Å². The Kier molecular flexibility index (Phi) is 6.63. The molecule has 8 heteroatoms. The van der Waals surface area contributed by atoms with Crippen molar-refractivity contribution in [3.8, 4) is 0 Å². The molecular weight excluding hydrogens is 320 g/mol. The fraction of sp³-hybridized carbons (Fsp3) is 0.500. The van der Waals surface area contributed by atoms with Gasteiger partial charge >= 0.3 is 8.80 Å². The molecule has 114 valence electrons. The van der Waals surface area contributed by atoms with Gasteiger partial charge in [-0.05, 0) is 30.5 Å². The van der Waals surface area contributed by atoms with Gasteiger partial charge in [-0.1, -0.05) is 12.1 Å². The summed E-state index contributed by atoms with van der Waals surface area (Å²) in [6, 6.07) is 7.22. The molecule has 0 atom stereocenters. The van der Waals surface area contributed by atoms with Crippen molar-refractivity contribution in [3.05, 3.63) is 29.8 Å². The number of hydrogen-bond acceptors (Lipinski definition) is 5. The Morgan fingerprint density at radius 3 is 1.95 bits per heavy atom. The van der Waals surface area contributed by atoms with Crippen LogP contribution in [0.2, 0.25) is 6.04 Å². The minimum absolute atomic E-state index is 0.109. The maximum absolute atomic E-state index is 11.1. The topological polar surface area (TPSA) is 61.8 Å². The minimum atomic E-state index is -3.66. The van der Waals surface area contributed by atoms with Crippen LogP contribution in [-0.2, 0) is 28.7 Å². The third-order valence-electron chi connectivity index (χ3n) is 3.09. The second-order valence-electron chi connectivity index (χ2n) is 4.23. The second-order valence-corrected chi connectivity index (χ2v) is 9.89. The van der Waals surface area contributed by atoms with Crippen LogP contribution >= 0.6 is 10.7 Å². The van der Waals surface area contributed by atoms with E-state index in [0.717, 1.165) is 18.4 Å². The number of hydrogen-bond donors (Lipinski definition) is 0. The van der Waals surface area contributed by atoms with Crippen LogP contribution in [0.15, 0.2) is 29.2 Å². The Bertz CT molecular complexity index is 505. The highest BCUT2D eigenvalue weighted by Gasteiger charge is 2.36. The van der Waals surface area contributed by atoms with Crippen molar-refractivity contribution in [2.45, 2.75) is 23.8 Å². The maximum Gasteiger partial charge on any atom is 0.500 e. The second kappa shape index (κ2) is 7.53. The van der Waals surface area contributed by atoms with Gasteiger partial charge in [-0.25, -0.2) is 8.42 Å². The normalized spacial score (nSPS) is 12.6. The van der Waals surface area contributed by atoms with Crippen molar-refractivity contribution in [1.29, 1.82) is 0 Å². The van der Waals surface area contributed by atoms with Crippen LogP contribution in [0.25, 0.3) is 0 Å².